The number of carbonyl (C=O) groups excluding carboxylic acids is 2. The van der Waals surface area contributed by atoms with E-state index in [-0.39, 0.29) is 23.8 Å². The monoisotopic (exact) mass is 439 g/mol. The van der Waals surface area contributed by atoms with Gasteiger partial charge < -0.3 is 20.3 Å². The number of hydrogen-bond acceptors (Lipinski definition) is 6. The van der Waals surface area contributed by atoms with Crippen molar-refractivity contribution in [3.8, 4) is 0 Å². The number of carbonyl (C=O) groups is 2. The SMILES string of the molecule is CC(=O)N1c2ccc(C(C=NCCN3CCOCC3)=CN)cc2N(C(=O)C2CC2)CC1C. The average molecular weight is 440 g/mol. The number of nitrogens with zero attached hydrogens (tertiary/aromatic N) is 4. The first-order valence-corrected chi connectivity index (χ1v) is 11.5. The maximum Gasteiger partial charge on any atom is 0.230 e. The molecule has 3 aliphatic rings. The van der Waals surface area contributed by atoms with Gasteiger partial charge in [0.1, 0.15) is 0 Å². The summed E-state index contributed by atoms with van der Waals surface area (Å²) in [6.45, 7) is 9.06. The van der Waals surface area contributed by atoms with Crippen molar-refractivity contribution in [1.82, 2.24) is 4.90 Å². The molecule has 8 nitrogen and oxygen atoms in total. The van der Waals surface area contributed by atoms with Gasteiger partial charge in [0.15, 0.2) is 0 Å². The van der Waals surface area contributed by atoms with Gasteiger partial charge in [0.25, 0.3) is 0 Å². The van der Waals surface area contributed by atoms with Crippen molar-refractivity contribution in [3.63, 3.8) is 0 Å². The zero-order chi connectivity index (χ0) is 22.7. The fraction of sp³-hybridized carbons (Fsp3) is 0.542. The Morgan fingerprint density at radius 1 is 1.22 bits per heavy atom. The van der Waals surface area contributed by atoms with Crippen LogP contribution in [0.4, 0.5) is 11.4 Å². The molecular weight excluding hydrogens is 406 g/mol. The van der Waals surface area contributed by atoms with E-state index < -0.39 is 0 Å². The van der Waals surface area contributed by atoms with Crippen LogP contribution in [-0.4, -0.2) is 74.9 Å². The number of ether oxygens (including phenoxy) is 1. The van der Waals surface area contributed by atoms with Crippen molar-refractivity contribution in [2.24, 2.45) is 16.6 Å². The highest BCUT2D eigenvalue weighted by Crippen LogP contribution is 2.41. The Balaban J connectivity index is 1.55. The zero-order valence-electron chi connectivity index (χ0n) is 19.0. The van der Waals surface area contributed by atoms with Gasteiger partial charge in [-0.25, -0.2) is 0 Å². The largest absolute Gasteiger partial charge is 0.404 e. The van der Waals surface area contributed by atoms with Crippen molar-refractivity contribution in [2.45, 2.75) is 32.7 Å². The van der Waals surface area contributed by atoms with Crippen LogP contribution in [0.1, 0.15) is 32.3 Å². The average Bonchev–Trinajstić information content (AvgIpc) is 3.64. The fourth-order valence-corrected chi connectivity index (χ4v) is 4.44. The lowest BCUT2D eigenvalue weighted by Gasteiger charge is -2.41. The van der Waals surface area contributed by atoms with Crippen LogP contribution in [0.5, 0.6) is 0 Å². The van der Waals surface area contributed by atoms with E-state index in [9.17, 15) is 9.59 Å². The molecule has 32 heavy (non-hydrogen) atoms. The van der Waals surface area contributed by atoms with Crippen molar-refractivity contribution in [1.29, 1.82) is 0 Å². The first-order valence-electron chi connectivity index (χ1n) is 11.5. The summed E-state index contributed by atoms with van der Waals surface area (Å²) >= 11 is 0. The van der Waals surface area contributed by atoms with E-state index >= 15 is 0 Å². The molecule has 1 saturated heterocycles. The summed E-state index contributed by atoms with van der Waals surface area (Å²) in [6, 6.07) is 5.75. The lowest BCUT2D eigenvalue weighted by molar-refractivity contribution is -0.120. The molecule has 0 radical (unpaired) electrons. The maximum absolute atomic E-state index is 13.0. The molecule has 1 aliphatic carbocycles. The number of benzene rings is 1. The van der Waals surface area contributed by atoms with Crippen LogP contribution in [0.2, 0.25) is 0 Å². The molecule has 2 amide bonds. The molecule has 1 aromatic rings. The number of morpholine rings is 1. The summed E-state index contributed by atoms with van der Waals surface area (Å²) < 4.78 is 5.38. The molecule has 2 fully saturated rings. The predicted molar refractivity (Wildman–Crippen MR) is 127 cm³/mol. The molecule has 0 spiro atoms. The number of fused-ring (bicyclic) bond motifs is 1. The van der Waals surface area contributed by atoms with Crippen LogP contribution >= 0.6 is 0 Å². The van der Waals surface area contributed by atoms with Gasteiger partial charge in [-0.05, 0) is 37.5 Å². The summed E-state index contributed by atoms with van der Waals surface area (Å²) in [6.07, 6.45) is 5.22. The first-order chi connectivity index (χ1) is 15.5. The Labute approximate surface area is 189 Å². The standard InChI is InChI=1S/C24H33N5O3/c1-17-16-28(24(31)19-3-4-19)23-13-20(5-6-22(23)29(17)18(2)30)21(14-25)15-26-7-8-27-9-11-32-12-10-27/h5-6,13-15,17,19H,3-4,7-12,16,25H2,1-2H3. The third kappa shape index (κ3) is 4.86. The number of amides is 2. The van der Waals surface area contributed by atoms with Crippen LogP contribution in [0.3, 0.4) is 0 Å². The van der Waals surface area contributed by atoms with Gasteiger partial charge >= 0.3 is 0 Å². The van der Waals surface area contributed by atoms with E-state index in [1.807, 2.05) is 30.0 Å². The second kappa shape index (κ2) is 9.83. The zero-order valence-corrected chi connectivity index (χ0v) is 19.0. The number of rotatable bonds is 6. The van der Waals surface area contributed by atoms with Gasteiger partial charge in [-0.15, -0.1) is 0 Å². The van der Waals surface area contributed by atoms with Crippen molar-refractivity contribution in [3.05, 3.63) is 30.0 Å². The van der Waals surface area contributed by atoms with E-state index in [2.05, 4.69) is 9.89 Å². The van der Waals surface area contributed by atoms with Crippen molar-refractivity contribution in [2.75, 3.05) is 55.7 Å². The highest BCUT2D eigenvalue weighted by molar-refractivity contribution is 6.11. The third-order valence-electron chi connectivity index (χ3n) is 6.34. The van der Waals surface area contributed by atoms with E-state index in [4.69, 9.17) is 10.5 Å². The molecule has 2 heterocycles. The molecule has 2 aliphatic heterocycles. The molecule has 1 atom stereocenters. The molecule has 8 heteroatoms. The minimum absolute atomic E-state index is 0.0238. The van der Waals surface area contributed by atoms with Crippen LogP contribution < -0.4 is 15.5 Å². The lowest BCUT2D eigenvalue weighted by Crippen LogP contribution is -2.51. The molecule has 0 aromatic heterocycles. The fourth-order valence-electron chi connectivity index (χ4n) is 4.44. The Hall–Kier alpha value is -2.71. The van der Waals surface area contributed by atoms with Crippen LogP contribution in [0, 0.1) is 5.92 Å². The molecule has 0 bridgehead atoms. The van der Waals surface area contributed by atoms with Gasteiger partial charge in [-0.2, -0.15) is 0 Å². The number of anilines is 2. The second-order valence-corrected chi connectivity index (χ2v) is 8.78. The molecule has 1 aromatic carbocycles. The Kier molecular flexibility index (Phi) is 6.91. The van der Waals surface area contributed by atoms with Crippen LogP contribution in [0.15, 0.2) is 29.4 Å². The highest BCUT2D eigenvalue weighted by Gasteiger charge is 2.39. The number of aliphatic imine (C=N–C) groups is 1. The van der Waals surface area contributed by atoms with Gasteiger partial charge in [-0.3, -0.25) is 19.5 Å². The molecule has 1 unspecified atom stereocenters. The summed E-state index contributed by atoms with van der Waals surface area (Å²) in [5.41, 5.74) is 9.15. The van der Waals surface area contributed by atoms with E-state index in [0.717, 1.165) is 68.2 Å². The lowest BCUT2D eigenvalue weighted by atomic mass is 10.0. The topological polar surface area (TPSA) is 91.5 Å². The quantitative estimate of drug-likeness (QED) is 0.684. The number of nitrogens with two attached hydrogens (primary N) is 1. The van der Waals surface area contributed by atoms with E-state index in [0.29, 0.717) is 13.1 Å². The number of hydrogen-bond donors (Lipinski definition) is 1. The van der Waals surface area contributed by atoms with E-state index in [1.54, 1.807) is 24.2 Å². The highest BCUT2D eigenvalue weighted by atomic mass is 16.5. The molecular formula is C24H33N5O3. The Morgan fingerprint density at radius 2 is 1.97 bits per heavy atom. The third-order valence-corrected chi connectivity index (χ3v) is 6.34. The smallest absolute Gasteiger partial charge is 0.230 e. The molecule has 2 N–H and O–H groups in total. The predicted octanol–water partition coefficient (Wildman–Crippen LogP) is 1.89. The van der Waals surface area contributed by atoms with Crippen molar-refractivity contribution < 1.29 is 14.3 Å². The Bertz CT molecular complexity index is 918. The van der Waals surface area contributed by atoms with E-state index in [1.165, 1.54) is 0 Å². The number of allylic oxidation sites excluding steroid dienone is 1. The summed E-state index contributed by atoms with van der Waals surface area (Å²) in [4.78, 5) is 35.9. The summed E-state index contributed by atoms with van der Waals surface area (Å²) in [5, 5.41) is 0. The summed E-state index contributed by atoms with van der Waals surface area (Å²) in [5.74, 6) is 0.231. The van der Waals surface area contributed by atoms with Gasteiger partial charge in [0.2, 0.25) is 11.8 Å². The second-order valence-electron chi connectivity index (χ2n) is 8.78. The van der Waals surface area contributed by atoms with Gasteiger partial charge in [0, 0.05) is 57.0 Å². The normalized spacial score (nSPS) is 22.3. The molecule has 1 saturated carbocycles. The maximum atomic E-state index is 13.0. The van der Waals surface area contributed by atoms with Crippen LogP contribution in [-0.2, 0) is 14.3 Å². The van der Waals surface area contributed by atoms with Gasteiger partial charge in [0.05, 0.1) is 37.2 Å². The van der Waals surface area contributed by atoms with Crippen LogP contribution in [0.25, 0.3) is 5.57 Å². The summed E-state index contributed by atoms with van der Waals surface area (Å²) in [7, 11) is 0. The minimum atomic E-state index is -0.0696. The van der Waals surface area contributed by atoms with Gasteiger partial charge in [-0.1, -0.05) is 6.07 Å². The van der Waals surface area contributed by atoms with Crippen molar-refractivity contribution >= 4 is 35.0 Å². The minimum Gasteiger partial charge on any atom is -0.404 e. The Morgan fingerprint density at radius 3 is 2.62 bits per heavy atom. The molecule has 4 rings (SSSR count). The first kappa shape index (κ1) is 22.5. The molecule has 172 valence electrons.